The van der Waals surface area contributed by atoms with E-state index in [-0.39, 0.29) is 5.91 Å². The standard InChI is InChI=1S/C12H15N3O/c1-4-5-6-7-13-12(16)11-8-9(2)14-15-10(11)3/h8H,6-7H2,1-3H3,(H,13,16). The fraction of sp³-hybridized carbons (Fsp3) is 0.417. The van der Waals surface area contributed by atoms with Gasteiger partial charge in [0.15, 0.2) is 0 Å². The summed E-state index contributed by atoms with van der Waals surface area (Å²) in [6.07, 6.45) is 0.665. The van der Waals surface area contributed by atoms with Crippen LogP contribution in [0.4, 0.5) is 0 Å². The maximum Gasteiger partial charge on any atom is 0.253 e. The number of nitrogens with one attached hydrogen (secondary N) is 1. The molecule has 1 amide bonds. The Balaban J connectivity index is 2.64. The first-order valence-electron chi connectivity index (χ1n) is 5.14. The molecule has 1 heterocycles. The Hall–Kier alpha value is -1.89. The Kier molecular flexibility index (Phi) is 4.46. The summed E-state index contributed by atoms with van der Waals surface area (Å²) in [6, 6.07) is 1.74. The number of aryl methyl sites for hydroxylation is 2. The Labute approximate surface area is 95.5 Å². The third kappa shape index (κ3) is 3.35. The molecule has 16 heavy (non-hydrogen) atoms. The van der Waals surface area contributed by atoms with E-state index in [2.05, 4.69) is 27.4 Å². The third-order valence-corrected chi connectivity index (χ3v) is 2.06. The van der Waals surface area contributed by atoms with Crippen molar-refractivity contribution in [1.82, 2.24) is 15.5 Å². The summed E-state index contributed by atoms with van der Waals surface area (Å²) >= 11 is 0. The summed E-state index contributed by atoms with van der Waals surface area (Å²) in [5.74, 6) is 5.55. The fourth-order valence-electron chi connectivity index (χ4n) is 1.24. The van der Waals surface area contributed by atoms with Crippen LogP contribution in [0.15, 0.2) is 6.07 Å². The first-order valence-corrected chi connectivity index (χ1v) is 5.14. The van der Waals surface area contributed by atoms with Gasteiger partial charge in [0.25, 0.3) is 5.91 Å². The summed E-state index contributed by atoms with van der Waals surface area (Å²) in [7, 11) is 0. The normalized spacial score (nSPS) is 9.19. The number of carbonyl (C=O) groups excluding carboxylic acids is 1. The predicted molar refractivity (Wildman–Crippen MR) is 61.9 cm³/mol. The van der Waals surface area contributed by atoms with E-state index in [0.717, 1.165) is 5.69 Å². The first-order chi connectivity index (χ1) is 7.65. The highest BCUT2D eigenvalue weighted by molar-refractivity contribution is 5.95. The van der Waals surface area contributed by atoms with Gasteiger partial charge in [-0.15, -0.1) is 11.8 Å². The van der Waals surface area contributed by atoms with Gasteiger partial charge in [-0.1, -0.05) is 0 Å². The molecule has 4 nitrogen and oxygen atoms in total. The van der Waals surface area contributed by atoms with Crippen molar-refractivity contribution in [2.75, 3.05) is 6.54 Å². The Bertz CT molecular complexity index is 443. The fourth-order valence-corrected chi connectivity index (χ4v) is 1.24. The molecule has 1 aromatic heterocycles. The van der Waals surface area contributed by atoms with E-state index in [4.69, 9.17) is 0 Å². The largest absolute Gasteiger partial charge is 0.351 e. The molecule has 0 aliphatic rings. The van der Waals surface area contributed by atoms with Gasteiger partial charge in [0.1, 0.15) is 0 Å². The molecule has 0 aromatic carbocycles. The van der Waals surface area contributed by atoms with Gasteiger partial charge < -0.3 is 5.32 Å². The van der Waals surface area contributed by atoms with Crippen molar-refractivity contribution in [2.24, 2.45) is 0 Å². The van der Waals surface area contributed by atoms with Crippen LogP contribution in [0, 0.1) is 25.7 Å². The van der Waals surface area contributed by atoms with Gasteiger partial charge in [-0.05, 0) is 26.8 Å². The van der Waals surface area contributed by atoms with E-state index in [0.29, 0.717) is 24.2 Å². The number of aromatic nitrogens is 2. The van der Waals surface area contributed by atoms with Gasteiger partial charge in [0.2, 0.25) is 0 Å². The van der Waals surface area contributed by atoms with E-state index >= 15 is 0 Å². The minimum atomic E-state index is -0.117. The second-order valence-corrected chi connectivity index (χ2v) is 3.42. The lowest BCUT2D eigenvalue weighted by atomic mass is 10.2. The Morgan fingerprint density at radius 3 is 2.88 bits per heavy atom. The van der Waals surface area contributed by atoms with Crippen LogP contribution in [-0.2, 0) is 0 Å². The highest BCUT2D eigenvalue weighted by Crippen LogP contribution is 2.04. The summed E-state index contributed by atoms with van der Waals surface area (Å²) in [5, 5.41) is 10.6. The first kappa shape index (κ1) is 12.2. The van der Waals surface area contributed by atoms with Crippen LogP contribution in [0.5, 0.6) is 0 Å². The summed E-state index contributed by atoms with van der Waals surface area (Å²) in [6.45, 7) is 5.92. The van der Waals surface area contributed by atoms with Crippen LogP contribution >= 0.6 is 0 Å². The molecule has 84 valence electrons. The van der Waals surface area contributed by atoms with Gasteiger partial charge >= 0.3 is 0 Å². The minimum absolute atomic E-state index is 0.117. The number of hydrogen-bond acceptors (Lipinski definition) is 3. The van der Waals surface area contributed by atoms with Crippen molar-refractivity contribution in [2.45, 2.75) is 27.2 Å². The Morgan fingerprint density at radius 2 is 2.19 bits per heavy atom. The molecule has 0 bridgehead atoms. The van der Waals surface area contributed by atoms with Crippen molar-refractivity contribution in [3.05, 3.63) is 23.0 Å². The third-order valence-electron chi connectivity index (χ3n) is 2.06. The van der Waals surface area contributed by atoms with Gasteiger partial charge in [-0.3, -0.25) is 4.79 Å². The second-order valence-electron chi connectivity index (χ2n) is 3.42. The van der Waals surface area contributed by atoms with Crippen LogP contribution in [0.2, 0.25) is 0 Å². The van der Waals surface area contributed by atoms with Crippen molar-refractivity contribution in [1.29, 1.82) is 0 Å². The van der Waals surface area contributed by atoms with Gasteiger partial charge in [-0.25, -0.2) is 0 Å². The van der Waals surface area contributed by atoms with Crippen molar-refractivity contribution >= 4 is 5.91 Å². The highest BCUT2D eigenvalue weighted by Gasteiger charge is 2.09. The molecule has 0 aliphatic carbocycles. The van der Waals surface area contributed by atoms with Crippen molar-refractivity contribution in [3.63, 3.8) is 0 Å². The number of amides is 1. The number of rotatable bonds is 3. The molecular weight excluding hydrogens is 202 g/mol. The average Bonchev–Trinajstić information content (AvgIpc) is 2.27. The van der Waals surface area contributed by atoms with Gasteiger partial charge in [-0.2, -0.15) is 10.2 Å². The lowest BCUT2D eigenvalue weighted by Crippen LogP contribution is -2.25. The predicted octanol–water partition coefficient (Wildman–Crippen LogP) is 1.24. The molecule has 0 radical (unpaired) electrons. The number of nitrogens with zero attached hydrogens (tertiary/aromatic N) is 2. The van der Waals surface area contributed by atoms with Crippen LogP contribution in [0.1, 0.15) is 35.1 Å². The monoisotopic (exact) mass is 217 g/mol. The molecule has 0 saturated heterocycles. The average molecular weight is 217 g/mol. The molecule has 4 heteroatoms. The van der Waals surface area contributed by atoms with Crippen LogP contribution in [-0.4, -0.2) is 22.6 Å². The minimum Gasteiger partial charge on any atom is -0.351 e. The molecule has 1 aromatic rings. The summed E-state index contributed by atoms with van der Waals surface area (Å²) in [5.41, 5.74) is 1.96. The van der Waals surface area contributed by atoms with Crippen LogP contribution in [0.25, 0.3) is 0 Å². The Morgan fingerprint density at radius 1 is 1.44 bits per heavy atom. The molecule has 0 unspecified atom stereocenters. The molecule has 1 N–H and O–H groups in total. The second kappa shape index (κ2) is 5.86. The summed E-state index contributed by atoms with van der Waals surface area (Å²) < 4.78 is 0. The van der Waals surface area contributed by atoms with E-state index in [1.165, 1.54) is 0 Å². The molecule has 0 aliphatic heterocycles. The quantitative estimate of drug-likeness (QED) is 0.612. The van der Waals surface area contributed by atoms with Crippen molar-refractivity contribution < 1.29 is 4.79 Å². The smallest absolute Gasteiger partial charge is 0.253 e. The van der Waals surface area contributed by atoms with Crippen LogP contribution < -0.4 is 5.32 Å². The highest BCUT2D eigenvalue weighted by atomic mass is 16.1. The van der Waals surface area contributed by atoms with Crippen molar-refractivity contribution in [3.8, 4) is 11.8 Å². The maximum atomic E-state index is 11.8. The SMILES string of the molecule is CC#CCCNC(=O)c1cc(C)nnc1C. The zero-order chi connectivity index (χ0) is 12.0. The molecule has 0 saturated carbocycles. The lowest BCUT2D eigenvalue weighted by molar-refractivity contribution is 0.0953. The topological polar surface area (TPSA) is 54.9 Å². The van der Waals surface area contributed by atoms with Gasteiger partial charge in [0, 0.05) is 13.0 Å². The zero-order valence-electron chi connectivity index (χ0n) is 9.79. The molecular formula is C12H15N3O. The summed E-state index contributed by atoms with van der Waals surface area (Å²) in [4.78, 5) is 11.8. The van der Waals surface area contributed by atoms with E-state index < -0.39 is 0 Å². The molecule has 0 atom stereocenters. The van der Waals surface area contributed by atoms with E-state index in [1.807, 2.05) is 6.92 Å². The van der Waals surface area contributed by atoms with Crippen LogP contribution in [0.3, 0.4) is 0 Å². The zero-order valence-corrected chi connectivity index (χ0v) is 9.79. The molecule has 0 fully saturated rings. The lowest BCUT2D eigenvalue weighted by Gasteiger charge is -2.05. The molecule has 1 rings (SSSR count). The maximum absolute atomic E-state index is 11.8. The van der Waals surface area contributed by atoms with E-state index in [1.54, 1.807) is 19.9 Å². The number of carbonyl (C=O) groups is 1. The van der Waals surface area contributed by atoms with E-state index in [9.17, 15) is 4.79 Å². The van der Waals surface area contributed by atoms with Gasteiger partial charge in [0.05, 0.1) is 17.0 Å². The molecule has 0 spiro atoms. The number of hydrogen-bond donors (Lipinski definition) is 1.